The Labute approximate surface area is 136 Å². The summed E-state index contributed by atoms with van der Waals surface area (Å²) < 4.78 is 40.7. The molecule has 0 aromatic heterocycles. The maximum Gasteiger partial charge on any atom is 0.279 e. The highest BCUT2D eigenvalue weighted by atomic mass is 32.2. The molecule has 1 fully saturated rings. The fraction of sp³-hybridized carbons (Fsp3) is 0.533. The monoisotopic (exact) mass is 343 g/mol. The number of carbonyl (C=O) groups excluding carboxylic acids is 1. The van der Waals surface area contributed by atoms with Crippen LogP contribution >= 0.6 is 0 Å². The highest BCUT2D eigenvalue weighted by molar-refractivity contribution is 7.87. The molecule has 1 aliphatic rings. The van der Waals surface area contributed by atoms with E-state index in [1.54, 1.807) is 24.0 Å². The van der Waals surface area contributed by atoms with Gasteiger partial charge in [0.1, 0.15) is 5.82 Å². The fourth-order valence-electron chi connectivity index (χ4n) is 2.55. The molecule has 23 heavy (non-hydrogen) atoms. The Balaban J connectivity index is 1.82. The van der Waals surface area contributed by atoms with Gasteiger partial charge >= 0.3 is 0 Å². The van der Waals surface area contributed by atoms with Gasteiger partial charge in [0.05, 0.1) is 0 Å². The predicted molar refractivity (Wildman–Crippen MR) is 85.5 cm³/mol. The minimum atomic E-state index is -3.44. The summed E-state index contributed by atoms with van der Waals surface area (Å²) in [7, 11) is -3.44. The van der Waals surface area contributed by atoms with Crippen LogP contribution in [0.2, 0.25) is 0 Å². The van der Waals surface area contributed by atoms with Crippen LogP contribution in [0, 0.1) is 5.82 Å². The lowest BCUT2D eigenvalue weighted by Gasteiger charge is -2.34. The van der Waals surface area contributed by atoms with E-state index in [9.17, 15) is 17.6 Å². The third-order valence-corrected chi connectivity index (χ3v) is 5.47. The van der Waals surface area contributed by atoms with Gasteiger partial charge in [0.15, 0.2) is 0 Å². The van der Waals surface area contributed by atoms with Crippen molar-refractivity contribution in [3.63, 3.8) is 0 Å². The van der Waals surface area contributed by atoms with Crippen molar-refractivity contribution in [3.8, 4) is 0 Å². The molecule has 1 aromatic rings. The Morgan fingerprint density at radius 2 is 1.96 bits per heavy atom. The van der Waals surface area contributed by atoms with Gasteiger partial charge in [-0.1, -0.05) is 19.1 Å². The number of piperazine rings is 1. The lowest BCUT2D eigenvalue weighted by atomic mass is 10.1. The molecule has 0 aliphatic carbocycles. The van der Waals surface area contributed by atoms with Crippen molar-refractivity contribution in [1.29, 1.82) is 0 Å². The SMILES string of the molecule is CCNS(=O)(=O)N1CCN(C(=O)CCc2cccc(F)c2)CC1. The molecule has 1 aliphatic heterocycles. The molecule has 0 unspecified atom stereocenters. The zero-order valence-electron chi connectivity index (χ0n) is 13.2. The number of rotatable bonds is 6. The van der Waals surface area contributed by atoms with Crippen LogP contribution in [0.3, 0.4) is 0 Å². The molecule has 1 aromatic carbocycles. The molecule has 2 rings (SSSR count). The second-order valence-electron chi connectivity index (χ2n) is 5.41. The quantitative estimate of drug-likeness (QED) is 0.829. The van der Waals surface area contributed by atoms with E-state index in [0.717, 1.165) is 5.56 Å². The number of carbonyl (C=O) groups is 1. The zero-order chi connectivity index (χ0) is 16.9. The van der Waals surface area contributed by atoms with Gasteiger partial charge in [-0.3, -0.25) is 4.79 Å². The first-order valence-corrected chi connectivity index (χ1v) is 9.13. The maximum absolute atomic E-state index is 13.1. The molecule has 128 valence electrons. The summed E-state index contributed by atoms with van der Waals surface area (Å²) >= 11 is 0. The minimum absolute atomic E-state index is 0.0326. The minimum Gasteiger partial charge on any atom is -0.340 e. The fourth-order valence-corrected chi connectivity index (χ4v) is 3.74. The maximum atomic E-state index is 13.1. The number of halogens is 1. The summed E-state index contributed by atoms with van der Waals surface area (Å²) in [4.78, 5) is 13.9. The molecule has 6 nitrogen and oxygen atoms in total. The summed E-state index contributed by atoms with van der Waals surface area (Å²) in [6, 6.07) is 6.21. The van der Waals surface area contributed by atoms with Crippen LogP contribution < -0.4 is 4.72 Å². The van der Waals surface area contributed by atoms with E-state index in [2.05, 4.69) is 4.72 Å². The zero-order valence-corrected chi connectivity index (χ0v) is 14.0. The van der Waals surface area contributed by atoms with Crippen LogP contribution in [0.1, 0.15) is 18.9 Å². The van der Waals surface area contributed by atoms with Gasteiger partial charge in [0.2, 0.25) is 5.91 Å². The molecule has 0 saturated carbocycles. The molecule has 1 heterocycles. The summed E-state index contributed by atoms with van der Waals surface area (Å²) in [6.07, 6.45) is 0.774. The highest BCUT2D eigenvalue weighted by Gasteiger charge is 2.27. The number of nitrogens with zero attached hydrogens (tertiary/aromatic N) is 2. The molecule has 1 N–H and O–H groups in total. The van der Waals surface area contributed by atoms with E-state index >= 15 is 0 Å². The molecular formula is C15H22FN3O3S. The molecule has 0 spiro atoms. The molecule has 8 heteroatoms. The second-order valence-corrected chi connectivity index (χ2v) is 7.17. The number of nitrogens with one attached hydrogen (secondary N) is 1. The molecule has 1 saturated heterocycles. The molecular weight excluding hydrogens is 321 g/mol. The first-order valence-electron chi connectivity index (χ1n) is 7.69. The second kappa shape index (κ2) is 7.85. The standard InChI is InChI=1S/C15H22FN3O3S/c1-2-17-23(21,22)19-10-8-18(9-11-19)15(20)7-6-13-4-3-5-14(16)12-13/h3-5,12,17H,2,6-11H2,1H3. The molecule has 0 radical (unpaired) electrons. The van der Waals surface area contributed by atoms with E-state index in [4.69, 9.17) is 0 Å². The topological polar surface area (TPSA) is 69.7 Å². The average molecular weight is 343 g/mol. The lowest BCUT2D eigenvalue weighted by Crippen LogP contribution is -2.53. The van der Waals surface area contributed by atoms with Crippen LogP contribution in [-0.2, 0) is 21.4 Å². The van der Waals surface area contributed by atoms with E-state index in [1.165, 1.54) is 16.4 Å². The van der Waals surface area contributed by atoms with Crippen LogP contribution in [0.25, 0.3) is 0 Å². The average Bonchev–Trinajstić information content (AvgIpc) is 2.53. The smallest absolute Gasteiger partial charge is 0.279 e. The molecule has 1 amide bonds. The van der Waals surface area contributed by atoms with Gasteiger partial charge in [-0.25, -0.2) is 9.11 Å². The Morgan fingerprint density at radius 3 is 2.57 bits per heavy atom. The highest BCUT2D eigenvalue weighted by Crippen LogP contribution is 2.10. The van der Waals surface area contributed by atoms with Crippen molar-refractivity contribution in [2.45, 2.75) is 19.8 Å². The Bertz CT molecular complexity index is 643. The lowest BCUT2D eigenvalue weighted by molar-refractivity contribution is -0.132. The van der Waals surface area contributed by atoms with E-state index in [-0.39, 0.29) is 11.7 Å². The molecule has 0 atom stereocenters. The van der Waals surface area contributed by atoms with Crippen molar-refractivity contribution in [3.05, 3.63) is 35.6 Å². The van der Waals surface area contributed by atoms with E-state index in [1.807, 2.05) is 0 Å². The Hall–Kier alpha value is -1.51. The van der Waals surface area contributed by atoms with Gasteiger partial charge < -0.3 is 4.90 Å². The van der Waals surface area contributed by atoms with Crippen molar-refractivity contribution < 1.29 is 17.6 Å². The first-order chi connectivity index (χ1) is 10.9. The summed E-state index contributed by atoms with van der Waals surface area (Å²) in [5, 5.41) is 0. The van der Waals surface area contributed by atoms with Crippen LogP contribution in [-0.4, -0.2) is 56.3 Å². The number of hydrogen-bond donors (Lipinski definition) is 1. The van der Waals surface area contributed by atoms with Gasteiger partial charge in [-0.2, -0.15) is 12.7 Å². The summed E-state index contributed by atoms with van der Waals surface area (Å²) in [5.74, 6) is -0.341. The van der Waals surface area contributed by atoms with Gasteiger partial charge in [-0.15, -0.1) is 0 Å². The first kappa shape index (κ1) is 17.8. The van der Waals surface area contributed by atoms with E-state index in [0.29, 0.717) is 45.6 Å². The van der Waals surface area contributed by atoms with Gasteiger partial charge in [-0.05, 0) is 24.1 Å². The van der Waals surface area contributed by atoms with Crippen LogP contribution in [0.15, 0.2) is 24.3 Å². The number of aryl methyl sites for hydroxylation is 1. The number of amides is 1. The third-order valence-electron chi connectivity index (χ3n) is 3.77. The van der Waals surface area contributed by atoms with Crippen molar-refractivity contribution in [1.82, 2.24) is 13.9 Å². The number of benzene rings is 1. The van der Waals surface area contributed by atoms with Crippen molar-refractivity contribution in [2.75, 3.05) is 32.7 Å². The predicted octanol–water partition coefficient (Wildman–Crippen LogP) is 0.757. The number of hydrogen-bond acceptors (Lipinski definition) is 3. The normalized spacial score (nSPS) is 16.5. The van der Waals surface area contributed by atoms with Crippen molar-refractivity contribution in [2.24, 2.45) is 0 Å². The van der Waals surface area contributed by atoms with Crippen LogP contribution in [0.5, 0.6) is 0 Å². The van der Waals surface area contributed by atoms with Crippen LogP contribution in [0.4, 0.5) is 4.39 Å². The van der Waals surface area contributed by atoms with Crippen molar-refractivity contribution >= 4 is 16.1 Å². The summed E-state index contributed by atoms with van der Waals surface area (Å²) in [5.41, 5.74) is 0.784. The Kier molecular flexibility index (Phi) is 6.09. The summed E-state index contributed by atoms with van der Waals surface area (Å²) in [6.45, 7) is 3.42. The van der Waals surface area contributed by atoms with E-state index < -0.39 is 10.2 Å². The Morgan fingerprint density at radius 1 is 1.26 bits per heavy atom. The largest absolute Gasteiger partial charge is 0.340 e. The third kappa shape index (κ3) is 4.98. The van der Waals surface area contributed by atoms with Gasteiger partial charge in [0, 0.05) is 39.1 Å². The van der Waals surface area contributed by atoms with Gasteiger partial charge in [0.25, 0.3) is 10.2 Å². The molecule has 0 bridgehead atoms.